The van der Waals surface area contributed by atoms with Crippen LogP contribution >= 0.6 is 22.9 Å². The predicted molar refractivity (Wildman–Crippen MR) is 96.6 cm³/mol. The van der Waals surface area contributed by atoms with Crippen molar-refractivity contribution in [2.24, 2.45) is 5.92 Å². The molecule has 0 spiro atoms. The number of carbonyl (C=O) groups is 2. The zero-order valence-electron chi connectivity index (χ0n) is 13.8. The molecule has 1 fully saturated rings. The Morgan fingerprint density at radius 1 is 1.36 bits per heavy atom. The summed E-state index contributed by atoms with van der Waals surface area (Å²) in [7, 11) is 0. The summed E-state index contributed by atoms with van der Waals surface area (Å²) in [6.07, 6.45) is 4.34. The summed E-state index contributed by atoms with van der Waals surface area (Å²) >= 11 is 7.24. The van der Waals surface area contributed by atoms with E-state index in [1.807, 2.05) is 0 Å². The van der Waals surface area contributed by atoms with Crippen LogP contribution in [0.2, 0.25) is 5.02 Å². The van der Waals surface area contributed by atoms with E-state index < -0.39 is 11.8 Å². The molecule has 1 heterocycles. The smallest absolute Gasteiger partial charge is 0.350 e. The summed E-state index contributed by atoms with van der Waals surface area (Å²) in [5.41, 5.74) is 0. The number of carbonyl (C=O) groups excluding carboxylic acids is 2. The van der Waals surface area contributed by atoms with E-state index in [-0.39, 0.29) is 28.5 Å². The third-order valence-electron chi connectivity index (χ3n) is 4.57. The molecule has 1 saturated carbocycles. The molecular weight excluding hydrogens is 365 g/mol. The molecule has 1 aliphatic carbocycles. The first-order valence-corrected chi connectivity index (χ1v) is 9.49. The van der Waals surface area contributed by atoms with Gasteiger partial charge in [-0.1, -0.05) is 31.4 Å². The van der Waals surface area contributed by atoms with Crippen molar-refractivity contribution in [3.8, 4) is 0 Å². The van der Waals surface area contributed by atoms with Gasteiger partial charge in [-0.2, -0.15) is 0 Å². The molecule has 25 heavy (non-hydrogen) atoms. The van der Waals surface area contributed by atoms with E-state index >= 15 is 0 Å². The van der Waals surface area contributed by atoms with Crippen LogP contribution in [-0.4, -0.2) is 24.5 Å². The minimum atomic E-state index is -0.668. The molecule has 134 valence electrons. The normalized spacial score (nSPS) is 20.4. The first-order valence-electron chi connectivity index (χ1n) is 8.29. The third-order valence-corrected chi connectivity index (χ3v) is 6.21. The third kappa shape index (κ3) is 4.12. The van der Waals surface area contributed by atoms with Crippen LogP contribution in [0, 0.1) is 11.7 Å². The minimum absolute atomic E-state index is 0.135. The number of fused-ring (bicyclic) bond motifs is 1. The number of ether oxygens (including phenoxy) is 1. The van der Waals surface area contributed by atoms with Crippen molar-refractivity contribution >= 4 is 44.9 Å². The molecule has 1 aromatic heterocycles. The van der Waals surface area contributed by atoms with Crippen molar-refractivity contribution in [3.05, 3.63) is 33.9 Å². The fraction of sp³-hybridized carbons (Fsp3) is 0.444. The van der Waals surface area contributed by atoms with E-state index in [0.29, 0.717) is 16.0 Å². The number of hydrogen-bond donors (Lipinski definition) is 1. The first kappa shape index (κ1) is 18.1. The number of hydrogen-bond acceptors (Lipinski definition) is 4. The molecule has 4 nitrogen and oxygen atoms in total. The molecule has 1 amide bonds. The maximum absolute atomic E-state index is 13.3. The molecular formula is C18H19ClFNO3S. The number of amides is 1. The average Bonchev–Trinajstić information content (AvgIpc) is 2.91. The SMILES string of the molecule is C[C@H]1CCCC[C@H]1NC(=O)COC(=O)c1sc2cc(F)ccc2c1Cl. The zero-order chi connectivity index (χ0) is 18.0. The summed E-state index contributed by atoms with van der Waals surface area (Å²) in [5, 5.41) is 3.75. The van der Waals surface area contributed by atoms with Crippen molar-refractivity contribution < 1.29 is 18.7 Å². The highest BCUT2D eigenvalue weighted by Crippen LogP contribution is 2.36. The lowest BCUT2D eigenvalue weighted by Crippen LogP contribution is -2.42. The second-order valence-electron chi connectivity index (χ2n) is 6.40. The van der Waals surface area contributed by atoms with Crippen LogP contribution in [0.15, 0.2) is 18.2 Å². The Morgan fingerprint density at radius 3 is 2.88 bits per heavy atom. The largest absolute Gasteiger partial charge is 0.451 e. The monoisotopic (exact) mass is 383 g/mol. The Balaban J connectivity index is 1.60. The zero-order valence-corrected chi connectivity index (χ0v) is 15.4. The lowest BCUT2D eigenvalue weighted by molar-refractivity contribution is -0.125. The number of nitrogens with one attached hydrogen (secondary N) is 1. The summed E-state index contributed by atoms with van der Waals surface area (Å²) < 4.78 is 18.9. The van der Waals surface area contributed by atoms with Crippen LogP contribution in [0.1, 0.15) is 42.3 Å². The Bertz CT molecular complexity index is 807. The molecule has 0 bridgehead atoms. The Morgan fingerprint density at radius 2 is 2.12 bits per heavy atom. The predicted octanol–water partition coefficient (Wildman–Crippen LogP) is 4.55. The van der Waals surface area contributed by atoms with E-state index in [9.17, 15) is 14.0 Å². The van der Waals surface area contributed by atoms with Gasteiger partial charge >= 0.3 is 5.97 Å². The molecule has 2 atom stereocenters. The lowest BCUT2D eigenvalue weighted by atomic mass is 9.86. The number of thiophene rings is 1. The van der Waals surface area contributed by atoms with E-state index in [4.69, 9.17) is 16.3 Å². The highest BCUT2D eigenvalue weighted by Gasteiger charge is 2.24. The Labute approximate surface area is 154 Å². The van der Waals surface area contributed by atoms with Gasteiger partial charge < -0.3 is 10.1 Å². The topological polar surface area (TPSA) is 55.4 Å². The van der Waals surface area contributed by atoms with Crippen LogP contribution in [0.4, 0.5) is 4.39 Å². The quantitative estimate of drug-likeness (QED) is 0.788. The van der Waals surface area contributed by atoms with Crippen molar-refractivity contribution in [1.82, 2.24) is 5.32 Å². The van der Waals surface area contributed by atoms with Crippen LogP contribution in [0.3, 0.4) is 0 Å². The number of halogens is 2. The minimum Gasteiger partial charge on any atom is -0.451 e. The fourth-order valence-electron chi connectivity index (χ4n) is 3.15. The van der Waals surface area contributed by atoms with Gasteiger partial charge in [0.05, 0.1) is 5.02 Å². The van der Waals surface area contributed by atoms with Crippen LogP contribution in [0.5, 0.6) is 0 Å². The first-order chi connectivity index (χ1) is 12.0. The summed E-state index contributed by atoms with van der Waals surface area (Å²) in [6, 6.07) is 4.27. The molecule has 7 heteroatoms. The van der Waals surface area contributed by atoms with Crippen molar-refractivity contribution in [3.63, 3.8) is 0 Å². The molecule has 0 unspecified atom stereocenters. The Kier molecular flexibility index (Phi) is 5.59. The van der Waals surface area contributed by atoms with Gasteiger partial charge in [-0.15, -0.1) is 11.3 Å². The van der Waals surface area contributed by atoms with Gasteiger partial charge in [0, 0.05) is 16.1 Å². The fourth-order valence-corrected chi connectivity index (χ4v) is 4.57. The molecule has 3 rings (SSSR count). The molecule has 2 aromatic rings. The standard InChI is InChI=1S/C18H19ClFNO3S/c1-10-4-2-3-5-13(10)21-15(22)9-24-18(23)17-16(19)12-7-6-11(20)8-14(12)25-17/h6-8,10,13H,2-5,9H2,1H3,(H,21,22)/t10-,13+/m0/s1. The summed E-state index contributed by atoms with van der Waals surface area (Å²) in [6.45, 7) is 1.77. The van der Waals surface area contributed by atoms with Gasteiger partial charge in [0.25, 0.3) is 5.91 Å². The second kappa shape index (κ2) is 7.70. The van der Waals surface area contributed by atoms with Crippen LogP contribution in [0.25, 0.3) is 10.1 Å². The van der Waals surface area contributed by atoms with Gasteiger partial charge in [0.1, 0.15) is 10.7 Å². The van der Waals surface area contributed by atoms with E-state index in [0.717, 1.165) is 30.6 Å². The van der Waals surface area contributed by atoms with Crippen molar-refractivity contribution in [2.75, 3.05) is 6.61 Å². The molecule has 0 radical (unpaired) electrons. The molecule has 1 aromatic carbocycles. The second-order valence-corrected chi connectivity index (χ2v) is 7.83. The molecule has 0 aliphatic heterocycles. The molecule has 1 aliphatic rings. The maximum Gasteiger partial charge on any atom is 0.350 e. The maximum atomic E-state index is 13.3. The number of benzene rings is 1. The Hall–Kier alpha value is -1.66. The van der Waals surface area contributed by atoms with Crippen LogP contribution < -0.4 is 5.32 Å². The highest BCUT2D eigenvalue weighted by atomic mass is 35.5. The van der Waals surface area contributed by atoms with Gasteiger partial charge in [-0.3, -0.25) is 4.79 Å². The van der Waals surface area contributed by atoms with Gasteiger partial charge in [-0.05, 0) is 37.0 Å². The highest BCUT2D eigenvalue weighted by molar-refractivity contribution is 7.21. The van der Waals surface area contributed by atoms with Crippen LogP contribution in [-0.2, 0) is 9.53 Å². The summed E-state index contributed by atoms with van der Waals surface area (Å²) in [5.74, 6) is -0.944. The summed E-state index contributed by atoms with van der Waals surface area (Å²) in [4.78, 5) is 24.4. The number of esters is 1. The molecule has 0 saturated heterocycles. The lowest BCUT2D eigenvalue weighted by Gasteiger charge is -2.29. The van der Waals surface area contributed by atoms with Crippen molar-refractivity contribution in [1.29, 1.82) is 0 Å². The van der Waals surface area contributed by atoms with E-state index in [1.165, 1.54) is 24.6 Å². The van der Waals surface area contributed by atoms with Gasteiger partial charge in [0.2, 0.25) is 0 Å². The van der Waals surface area contributed by atoms with Gasteiger partial charge in [-0.25, -0.2) is 9.18 Å². The van der Waals surface area contributed by atoms with E-state index in [1.54, 1.807) is 0 Å². The van der Waals surface area contributed by atoms with Gasteiger partial charge in [0.15, 0.2) is 6.61 Å². The van der Waals surface area contributed by atoms with Crippen molar-refractivity contribution in [2.45, 2.75) is 38.6 Å². The average molecular weight is 384 g/mol. The number of rotatable bonds is 4. The van der Waals surface area contributed by atoms with E-state index in [2.05, 4.69) is 12.2 Å². The molecule has 1 N–H and O–H groups in total.